The van der Waals surface area contributed by atoms with Gasteiger partial charge in [0.25, 0.3) is 0 Å². The summed E-state index contributed by atoms with van der Waals surface area (Å²) in [7, 11) is 0. The smallest absolute Gasteiger partial charge is 0.227 e. The highest BCUT2D eigenvalue weighted by Crippen LogP contribution is 2.19. The Labute approximate surface area is 203 Å². The summed E-state index contributed by atoms with van der Waals surface area (Å²) in [6.45, 7) is 4.38. The first kappa shape index (κ1) is 21.5. The summed E-state index contributed by atoms with van der Waals surface area (Å²) in [4.78, 5) is 34.8. The Bertz CT molecular complexity index is 1430. The van der Waals surface area contributed by atoms with E-state index in [1.165, 1.54) is 0 Å². The van der Waals surface area contributed by atoms with Crippen LogP contribution < -0.4 is 0 Å². The Morgan fingerprint density at radius 1 is 0.829 bits per heavy atom. The molecule has 2 aromatic carbocycles. The number of benzene rings is 2. The average Bonchev–Trinajstić information content (AvgIpc) is 3.46. The van der Waals surface area contributed by atoms with Crippen LogP contribution in [0, 0.1) is 0 Å². The van der Waals surface area contributed by atoms with E-state index in [9.17, 15) is 4.79 Å². The van der Waals surface area contributed by atoms with Gasteiger partial charge in [-0.05, 0) is 29.8 Å². The number of hydrogen-bond donors (Lipinski definition) is 1. The molecule has 8 nitrogen and oxygen atoms in total. The lowest BCUT2D eigenvalue weighted by Crippen LogP contribution is -2.49. The molecule has 0 atom stereocenters. The second-order valence-electron chi connectivity index (χ2n) is 8.98. The number of amides is 1. The van der Waals surface area contributed by atoms with Crippen molar-refractivity contribution >= 4 is 28.1 Å². The Hall–Kier alpha value is -4.04. The number of piperazine rings is 1. The average molecular weight is 466 g/mol. The van der Waals surface area contributed by atoms with E-state index in [0.717, 1.165) is 65.6 Å². The zero-order valence-corrected chi connectivity index (χ0v) is 19.5. The molecule has 6 rings (SSSR count). The van der Waals surface area contributed by atoms with Crippen LogP contribution in [-0.4, -0.2) is 66.4 Å². The van der Waals surface area contributed by atoms with Gasteiger partial charge in [-0.25, -0.2) is 15.0 Å². The van der Waals surface area contributed by atoms with Gasteiger partial charge in [0.1, 0.15) is 17.2 Å². The Kier molecular flexibility index (Phi) is 5.71. The molecule has 4 heterocycles. The molecule has 1 amide bonds. The van der Waals surface area contributed by atoms with Gasteiger partial charge in [0.05, 0.1) is 30.5 Å². The highest BCUT2D eigenvalue weighted by molar-refractivity contribution is 5.79. The number of nitrogens with zero attached hydrogens (tertiary/aromatic N) is 6. The highest BCUT2D eigenvalue weighted by Gasteiger charge is 2.23. The lowest BCUT2D eigenvalue weighted by Gasteiger charge is -2.34. The summed E-state index contributed by atoms with van der Waals surface area (Å²) in [6.07, 6.45) is 2.26. The first-order valence-corrected chi connectivity index (χ1v) is 12.0. The fraction of sp³-hybridized carbons (Fsp3) is 0.259. The van der Waals surface area contributed by atoms with E-state index in [2.05, 4.69) is 19.4 Å². The molecule has 1 aliphatic heterocycles. The molecular weight excluding hydrogens is 438 g/mol. The van der Waals surface area contributed by atoms with Crippen molar-refractivity contribution in [2.75, 3.05) is 26.2 Å². The SMILES string of the molecule is O=C(Cc1ccccc1)N1CCN(Cc2nc3cccnc3n2Cc2nc3ccccc3[nH]2)CC1. The Balaban J connectivity index is 1.17. The maximum atomic E-state index is 12.8. The maximum absolute atomic E-state index is 12.8. The van der Waals surface area contributed by atoms with Crippen molar-refractivity contribution in [2.24, 2.45) is 0 Å². The van der Waals surface area contributed by atoms with Crippen molar-refractivity contribution in [3.05, 3.63) is 90.1 Å². The minimum Gasteiger partial charge on any atom is -0.340 e. The van der Waals surface area contributed by atoms with Gasteiger partial charge in [-0.2, -0.15) is 0 Å². The minimum absolute atomic E-state index is 0.192. The number of rotatable bonds is 6. The number of H-pyrrole nitrogens is 1. The van der Waals surface area contributed by atoms with E-state index in [1.807, 2.05) is 71.6 Å². The molecule has 5 aromatic rings. The molecule has 1 N–H and O–H groups in total. The van der Waals surface area contributed by atoms with Crippen LogP contribution in [0.4, 0.5) is 0 Å². The molecule has 3 aromatic heterocycles. The van der Waals surface area contributed by atoms with Gasteiger partial charge in [-0.3, -0.25) is 9.69 Å². The zero-order valence-electron chi connectivity index (χ0n) is 19.5. The predicted molar refractivity (Wildman–Crippen MR) is 135 cm³/mol. The summed E-state index contributed by atoms with van der Waals surface area (Å²) < 4.78 is 2.15. The summed E-state index contributed by atoms with van der Waals surface area (Å²) in [5.74, 6) is 2.04. The number of fused-ring (bicyclic) bond motifs is 2. The molecule has 1 saturated heterocycles. The third-order valence-electron chi connectivity index (χ3n) is 6.62. The number of carbonyl (C=O) groups excluding carboxylic acids is 1. The van der Waals surface area contributed by atoms with Gasteiger partial charge in [0.2, 0.25) is 5.91 Å². The molecule has 0 bridgehead atoms. The fourth-order valence-electron chi connectivity index (χ4n) is 4.76. The molecule has 1 fully saturated rings. The molecule has 8 heteroatoms. The third kappa shape index (κ3) is 4.52. The number of imidazole rings is 2. The van der Waals surface area contributed by atoms with Gasteiger partial charge in [0, 0.05) is 32.4 Å². The van der Waals surface area contributed by atoms with Crippen molar-refractivity contribution in [3.63, 3.8) is 0 Å². The maximum Gasteiger partial charge on any atom is 0.227 e. The van der Waals surface area contributed by atoms with Crippen LogP contribution in [0.1, 0.15) is 17.2 Å². The number of nitrogens with one attached hydrogen (secondary N) is 1. The molecule has 0 saturated carbocycles. The van der Waals surface area contributed by atoms with Gasteiger partial charge in [-0.15, -0.1) is 0 Å². The molecular formula is C27H27N7O. The number of aromatic amines is 1. The normalized spacial score (nSPS) is 14.7. The van der Waals surface area contributed by atoms with Gasteiger partial charge < -0.3 is 14.5 Å². The summed E-state index contributed by atoms with van der Waals surface area (Å²) in [6, 6.07) is 21.9. The van der Waals surface area contributed by atoms with E-state index in [-0.39, 0.29) is 5.91 Å². The van der Waals surface area contributed by atoms with E-state index >= 15 is 0 Å². The standard InChI is InChI=1S/C27H27N7O/c35-26(17-20-7-2-1-3-8-20)33-15-13-32(14-16-33)19-25-31-23-11-6-12-28-27(23)34(25)18-24-29-21-9-4-5-10-22(21)30-24/h1-12H,13-19H2,(H,29,30). The second kappa shape index (κ2) is 9.31. The van der Waals surface area contributed by atoms with Crippen LogP contribution in [0.15, 0.2) is 72.9 Å². The Morgan fingerprint density at radius 2 is 1.60 bits per heavy atom. The molecule has 0 unspecified atom stereocenters. The van der Waals surface area contributed by atoms with Crippen LogP contribution in [-0.2, 0) is 24.3 Å². The van der Waals surface area contributed by atoms with Gasteiger partial charge >= 0.3 is 0 Å². The molecule has 1 aliphatic rings. The number of aromatic nitrogens is 5. The van der Waals surface area contributed by atoms with Crippen LogP contribution in [0.2, 0.25) is 0 Å². The van der Waals surface area contributed by atoms with Crippen molar-refractivity contribution in [1.82, 2.24) is 34.3 Å². The van der Waals surface area contributed by atoms with Crippen LogP contribution in [0.25, 0.3) is 22.2 Å². The first-order valence-electron chi connectivity index (χ1n) is 12.0. The van der Waals surface area contributed by atoms with Gasteiger partial charge in [0.15, 0.2) is 5.65 Å². The van der Waals surface area contributed by atoms with Crippen LogP contribution in [0.5, 0.6) is 0 Å². The van der Waals surface area contributed by atoms with E-state index in [4.69, 9.17) is 9.97 Å². The highest BCUT2D eigenvalue weighted by atomic mass is 16.2. The van der Waals surface area contributed by atoms with E-state index in [0.29, 0.717) is 19.5 Å². The largest absolute Gasteiger partial charge is 0.340 e. The van der Waals surface area contributed by atoms with Crippen molar-refractivity contribution in [1.29, 1.82) is 0 Å². The molecule has 0 spiro atoms. The third-order valence-corrected chi connectivity index (χ3v) is 6.62. The van der Waals surface area contributed by atoms with E-state index < -0.39 is 0 Å². The molecule has 35 heavy (non-hydrogen) atoms. The van der Waals surface area contributed by atoms with Crippen molar-refractivity contribution < 1.29 is 4.79 Å². The van der Waals surface area contributed by atoms with E-state index in [1.54, 1.807) is 6.20 Å². The summed E-state index contributed by atoms with van der Waals surface area (Å²) in [5.41, 5.74) is 4.79. The molecule has 176 valence electrons. The number of carbonyl (C=O) groups is 1. The minimum atomic E-state index is 0.192. The summed E-state index contributed by atoms with van der Waals surface area (Å²) in [5, 5.41) is 0. The lowest BCUT2D eigenvalue weighted by atomic mass is 10.1. The van der Waals surface area contributed by atoms with Crippen molar-refractivity contribution in [2.45, 2.75) is 19.5 Å². The van der Waals surface area contributed by atoms with Crippen LogP contribution >= 0.6 is 0 Å². The van der Waals surface area contributed by atoms with Gasteiger partial charge in [-0.1, -0.05) is 42.5 Å². The lowest BCUT2D eigenvalue weighted by molar-refractivity contribution is -0.132. The zero-order chi connectivity index (χ0) is 23.6. The fourth-order valence-corrected chi connectivity index (χ4v) is 4.76. The number of para-hydroxylation sites is 2. The predicted octanol–water partition coefficient (Wildman–Crippen LogP) is 3.24. The van der Waals surface area contributed by atoms with Crippen molar-refractivity contribution in [3.8, 4) is 0 Å². The molecule has 0 aliphatic carbocycles. The van der Waals surface area contributed by atoms with Crippen LogP contribution in [0.3, 0.4) is 0 Å². The number of hydrogen-bond acceptors (Lipinski definition) is 5. The summed E-state index contributed by atoms with van der Waals surface area (Å²) >= 11 is 0. The Morgan fingerprint density at radius 3 is 2.43 bits per heavy atom. The first-order chi connectivity index (χ1) is 17.2. The monoisotopic (exact) mass is 465 g/mol. The second-order valence-corrected chi connectivity index (χ2v) is 8.98. The topological polar surface area (TPSA) is 82.9 Å². The molecule has 0 radical (unpaired) electrons. The quantitative estimate of drug-likeness (QED) is 0.416. The number of pyridine rings is 1.